The summed E-state index contributed by atoms with van der Waals surface area (Å²) in [4.78, 5) is 34.6. The summed E-state index contributed by atoms with van der Waals surface area (Å²) in [7, 11) is 0. The number of nitro benzene ring substituents is 1. The van der Waals surface area contributed by atoms with E-state index in [9.17, 15) is 24.8 Å². The lowest BCUT2D eigenvalue weighted by atomic mass is 9.99. The molecule has 7 nitrogen and oxygen atoms in total. The number of rotatable bonds is 7. The van der Waals surface area contributed by atoms with Gasteiger partial charge in [0.1, 0.15) is 6.04 Å². The Kier molecular flexibility index (Phi) is 6.06. The third kappa shape index (κ3) is 4.66. The Labute approximate surface area is 150 Å². The number of carboxylic acid groups (broad SMARTS) is 1. The van der Waals surface area contributed by atoms with E-state index in [1.165, 1.54) is 18.2 Å². The Bertz CT molecular complexity index is 818. The summed E-state index contributed by atoms with van der Waals surface area (Å²) in [5.74, 6) is -1.90. The molecule has 0 saturated heterocycles. The van der Waals surface area contributed by atoms with Gasteiger partial charge in [-0.05, 0) is 17.5 Å². The summed E-state index contributed by atoms with van der Waals surface area (Å²) < 4.78 is 0. The highest BCUT2D eigenvalue weighted by Crippen LogP contribution is 2.27. The molecule has 2 aromatic carbocycles. The summed E-state index contributed by atoms with van der Waals surface area (Å²) in [6.07, 6.45) is 0.119. The van der Waals surface area contributed by atoms with Gasteiger partial charge in [-0.1, -0.05) is 50.2 Å². The van der Waals surface area contributed by atoms with Crippen molar-refractivity contribution in [2.24, 2.45) is 0 Å². The second-order valence-electron chi connectivity index (χ2n) is 6.24. The number of benzene rings is 2. The summed E-state index contributed by atoms with van der Waals surface area (Å²) in [6.45, 7) is 3.64. The number of aliphatic carboxylic acids is 1. The van der Waals surface area contributed by atoms with Gasteiger partial charge in [0.15, 0.2) is 0 Å². The van der Waals surface area contributed by atoms with Crippen LogP contribution in [0, 0.1) is 10.1 Å². The molecule has 2 aromatic rings. The Morgan fingerprint density at radius 3 is 2.35 bits per heavy atom. The molecular weight excluding hydrogens is 336 g/mol. The van der Waals surface area contributed by atoms with Crippen molar-refractivity contribution in [1.82, 2.24) is 5.32 Å². The molecule has 0 bridgehead atoms. The molecule has 0 fully saturated rings. The van der Waals surface area contributed by atoms with Crippen LogP contribution in [0.4, 0.5) is 5.69 Å². The predicted molar refractivity (Wildman–Crippen MR) is 96.2 cm³/mol. The standard InChI is InChI=1S/C19H20N2O5/c1-12(2)15-9-8-14(11-17(15)21(25)26)18(22)20-16(19(23)24)10-13-6-4-3-5-7-13/h3-9,11-12,16H,10H2,1-2H3,(H,20,22)(H,23,24)/t16-/m0/s1. The predicted octanol–water partition coefficient (Wildman–Crippen LogP) is 3.14. The van der Waals surface area contributed by atoms with Crippen LogP contribution >= 0.6 is 0 Å². The summed E-state index contributed by atoms with van der Waals surface area (Å²) in [5.41, 5.74) is 1.19. The van der Waals surface area contributed by atoms with Crippen molar-refractivity contribution in [2.45, 2.75) is 32.2 Å². The number of hydrogen-bond acceptors (Lipinski definition) is 4. The topological polar surface area (TPSA) is 110 Å². The summed E-state index contributed by atoms with van der Waals surface area (Å²) in [5, 5.41) is 23.1. The van der Waals surface area contributed by atoms with Crippen molar-refractivity contribution in [2.75, 3.05) is 0 Å². The third-order valence-corrected chi connectivity index (χ3v) is 4.00. The molecule has 0 spiro atoms. The van der Waals surface area contributed by atoms with Crippen molar-refractivity contribution >= 4 is 17.6 Å². The van der Waals surface area contributed by atoms with Crippen LogP contribution in [0.1, 0.15) is 41.3 Å². The number of amides is 1. The third-order valence-electron chi connectivity index (χ3n) is 4.00. The van der Waals surface area contributed by atoms with Crippen LogP contribution in [-0.4, -0.2) is 27.9 Å². The zero-order valence-electron chi connectivity index (χ0n) is 14.5. The molecule has 0 unspecified atom stereocenters. The first-order valence-corrected chi connectivity index (χ1v) is 8.15. The molecule has 0 aliphatic carbocycles. The molecule has 0 saturated carbocycles. The van der Waals surface area contributed by atoms with Crippen LogP contribution in [0.2, 0.25) is 0 Å². The average molecular weight is 356 g/mol. The van der Waals surface area contributed by atoms with E-state index in [-0.39, 0.29) is 23.6 Å². The van der Waals surface area contributed by atoms with Crippen LogP contribution in [0.15, 0.2) is 48.5 Å². The van der Waals surface area contributed by atoms with Gasteiger partial charge in [0.05, 0.1) is 4.92 Å². The Hall–Kier alpha value is -3.22. The largest absolute Gasteiger partial charge is 0.480 e. The number of nitrogens with one attached hydrogen (secondary N) is 1. The number of nitro groups is 1. The van der Waals surface area contributed by atoms with Crippen molar-refractivity contribution in [3.63, 3.8) is 0 Å². The Balaban J connectivity index is 2.22. The first kappa shape index (κ1) is 19.1. The van der Waals surface area contributed by atoms with Crippen molar-refractivity contribution in [3.05, 3.63) is 75.3 Å². The fourth-order valence-electron chi connectivity index (χ4n) is 2.62. The lowest BCUT2D eigenvalue weighted by Gasteiger charge is -2.15. The molecule has 136 valence electrons. The van der Waals surface area contributed by atoms with Gasteiger partial charge in [0.25, 0.3) is 11.6 Å². The lowest BCUT2D eigenvalue weighted by molar-refractivity contribution is -0.385. The minimum absolute atomic E-state index is 0.0559. The van der Waals surface area contributed by atoms with E-state index in [2.05, 4.69) is 5.32 Å². The highest BCUT2D eigenvalue weighted by Gasteiger charge is 2.24. The molecule has 0 aliphatic rings. The first-order valence-electron chi connectivity index (χ1n) is 8.15. The van der Waals surface area contributed by atoms with E-state index >= 15 is 0 Å². The summed E-state index contributed by atoms with van der Waals surface area (Å²) >= 11 is 0. The second-order valence-corrected chi connectivity index (χ2v) is 6.24. The molecule has 0 aromatic heterocycles. The molecule has 1 amide bonds. The number of hydrogen-bond donors (Lipinski definition) is 2. The van der Waals surface area contributed by atoms with Crippen molar-refractivity contribution in [3.8, 4) is 0 Å². The maximum atomic E-state index is 12.4. The Morgan fingerprint density at radius 1 is 1.15 bits per heavy atom. The molecular formula is C19H20N2O5. The number of carboxylic acids is 1. The van der Waals surface area contributed by atoms with E-state index < -0.39 is 22.8 Å². The highest BCUT2D eigenvalue weighted by atomic mass is 16.6. The molecule has 0 heterocycles. The van der Waals surface area contributed by atoms with Crippen molar-refractivity contribution < 1.29 is 19.6 Å². The first-order chi connectivity index (χ1) is 12.3. The quantitative estimate of drug-likeness (QED) is 0.585. The number of carbonyl (C=O) groups excluding carboxylic acids is 1. The molecule has 0 radical (unpaired) electrons. The van der Waals surface area contributed by atoms with Crippen LogP contribution in [0.3, 0.4) is 0 Å². The van der Waals surface area contributed by atoms with Crippen LogP contribution < -0.4 is 5.32 Å². The highest BCUT2D eigenvalue weighted by molar-refractivity contribution is 5.97. The van der Waals surface area contributed by atoms with Gasteiger partial charge < -0.3 is 10.4 Å². The minimum atomic E-state index is -1.17. The normalized spacial score (nSPS) is 11.8. The van der Waals surface area contributed by atoms with Gasteiger partial charge in [-0.3, -0.25) is 14.9 Å². The van der Waals surface area contributed by atoms with Gasteiger partial charge in [0, 0.05) is 23.6 Å². The van der Waals surface area contributed by atoms with Gasteiger partial charge >= 0.3 is 5.97 Å². The lowest BCUT2D eigenvalue weighted by Crippen LogP contribution is -2.42. The molecule has 7 heteroatoms. The molecule has 2 N–H and O–H groups in total. The van der Waals surface area contributed by atoms with Crippen LogP contribution in [-0.2, 0) is 11.2 Å². The van der Waals surface area contributed by atoms with Crippen molar-refractivity contribution in [1.29, 1.82) is 0 Å². The summed E-state index contributed by atoms with van der Waals surface area (Å²) in [6, 6.07) is 12.0. The molecule has 0 aliphatic heterocycles. The van der Waals surface area contributed by atoms with Gasteiger partial charge in [-0.15, -0.1) is 0 Å². The second kappa shape index (κ2) is 8.24. The molecule has 2 rings (SSSR count). The van der Waals surface area contributed by atoms with Crippen LogP contribution in [0.25, 0.3) is 0 Å². The van der Waals surface area contributed by atoms with Gasteiger partial charge in [-0.25, -0.2) is 4.79 Å². The maximum Gasteiger partial charge on any atom is 0.326 e. The van der Waals surface area contributed by atoms with E-state index in [0.29, 0.717) is 5.56 Å². The fourth-order valence-corrected chi connectivity index (χ4v) is 2.62. The number of carbonyl (C=O) groups is 2. The van der Waals surface area contributed by atoms with E-state index in [4.69, 9.17) is 0 Å². The monoisotopic (exact) mass is 356 g/mol. The minimum Gasteiger partial charge on any atom is -0.480 e. The smallest absolute Gasteiger partial charge is 0.326 e. The fraction of sp³-hybridized carbons (Fsp3) is 0.263. The zero-order valence-corrected chi connectivity index (χ0v) is 14.5. The maximum absolute atomic E-state index is 12.4. The van der Waals surface area contributed by atoms with E-state index in [0.717, 1.165) is 5.56 Å². The van der Waals surface area contributed by atoms with E-state index in [1.807, 2.05) is 19.9 Å². The average Bonchev–Trinajstić information content (AvgIpc) is 2.61. The zero-order chi connectivity index (χ0) is 19.3. The Morgan fingerprint density at radius 2 is 1.81 bits per heavy atom. The van der Waals surface area contributed by atoms with Crippen LogP contribution in [0.5, 0.6) is 0 Å². The van der Waals surface area contributed by atoms with Gasteiger partial charge in [-0.2, -0.15) is 0 Å². The number of nitrogens with zero attached hydrogens (tertiary/aromatic N) is 1. The SMILES string of the molecule is CC(C)c1ccc(C(=O)N[C@@H](Cc2ccccc2)C(=O)O)cc1[N+](=O)[O-]. The molecule has 26 heavy (non-hydrogen) atoms. The van der Waals surface area contributed by atoms with E-state index in [1.54, 1.807) is 24.3 Å². The van der Waals surface area contributed by atoms with Gasteiger partial charge in [0.2, 0.25) is 0 Å². The molecule has 1 atom stereocenters.